The third kappa shape index (κ3) is 6.39. The van der Waals surface area contributed by atoms with E-state index < -0.39 is 8.80 Å². The van der Waals surface area contributed by atoms with Crippen LogP contribution >= 0.6 is 11.6 Å². The SMILES string of the molecule is O[Si](O)(O)CCCl. The molecule has 0 saturated carbocycles. The quantitative estimate of drug-likeness (QED) is 0.348. The summed E-state index contributed by atoms with van der Waals surface area (Å²) in [5.41, 5.74) is 0. The van der Waals surface area contributed by atoms with Crippen molar-refractivity contribution >= 4 is 20.4 Å². The van der Waals surface area contributed by atoms with Gasteiger partial charge in [-0.2, -0.15) is 0 Å². The zero-order valence-electron chi connectivity index (χ0n) is 3.63. The van der Waals surface area contributed by atoms with Gasteiger partial charge < -0.3 is 14.4 Å². The molecule has 0 fully saturated rings. The predicted octanol–water partition coefficient (Wildman–Crippen LogP) is -0.859. The smallest absolute Gasteiger partial charge is 0.390 e. The molecule has 3 nitrogen and oxygen atoms in total. The summed E-state index contributed by atoms with van der Waals surface area (Å²) in [6.45, 7) is 0. The molecular formula is C2H7ClO3Si. The van der Waals surface area contributed by atoms with E-state index in [0.29, 0.717) is 0 Å². The molecule has 0 aliphatic heterocycles. The highest BCUT2D eigenvalue weighted by Crippen LogP contribution is 1.96. The van der Waals surface area contributed by atoms with Crippen LogP contribution in [0.4, 0.5) is 0 Å². The Hall–Kier alpha value is 0.387. The molecule has 0 radical (unpaired) electrons. The van der Waals surface area contributed by atoms with Crippen molar-refractivity contribution in [2.24, 2.45) is 0 Å². The molecule has 0 aromatic rings. The fourth-order valence-corrected chi connectivity index (χ4v) is 1.14. The van der Waals surface area contributed by atoms with E-state index in [1.807, 2.05) is 0 Å². The Labute approximate surface area is 47.5 Å². The average Bonchev–Trinajstić information content (AvgIpc) is 1.30. The summed E-state index contributed by atoms with van der Waals surface area (Å²) in [4.78, 5) is 24.5. The van der Waals surface area contributed by atoms with E-state index in [4.69, 9.17) is 26.0 Å². The second-order valence-electron chi connectivity index (χ2n) is 1.21. The van der Waals surface area contributed by atoms with Crippen LogP contribution in [-0.4, -0.2) is 29.1 Å². The van der Waals surface area contributed by atoms with Gasteiger partial charge in [-0.15, -0.1) is 11.6 Å². The number of rotatable bonds is 2. The van der Waals surface area contributed by atoms with Gasteiger partial charge in [-0.1, -0.05) is 0 Å². The van der Waals surface area contributed by atoms with Crippen LogP contribution in [0.15, 0.2) is 0 Å². The highest BCUT2D eigenvalue weighted by atomic mass is 35.5. The highest BCUT2D eigenvalue weighted by molar-refractivity contribution is 6.57. The summed E-state index contributed by atoms with van der Waals surface area (Å²) in [6.07, 6.45) is 0. The van der Waals surface area contributed by atoms with Gasteiger partial charge in [0.05, 0.1) is 0 Å². The zero-order chi connectivity index (χ0) is 5.91. The average molecular weight is 143 g/mol. The second-order valence-corrected chi connectivity index (χ2v) is 3.64. The summed E-state index contributed by atoms with van der Waals surface area (Å²) in [6, 6.07) is -0.0887. The van der Waals surface area contributed by atoms with Crippen LogP contribution in [0.1, 0.15) is 0 Å². The van der Waals surface area contributed by atoms with E-state index >= 15 is 0 Å². The summed E-state index contributed by atoms with van der Waals surface area (Å²) in [5.74, 6) is 0.0930. The fourth-order valence-electron chi connectivity index (χ4n) is 0.127. The molecule has 0 aromatic heterocycles. The molecule has 0 aliphatic carbocycles. The third-order valence-electron chi connectivity index (χ3n) is 0.430. The molecule has 5 heteroatoms. The Morgan fingerprint density at radius 1 is 1.29 bits per heavy atom. The van der Waals surface area contributed by atoms with Crippen molar-refractivity contribution in [1.82, 2.24) is 0 Å². The Morgan fingerprint density at radius 2 is 1.71 bits per heavy atom. The van der Waals surface area contributed by atoms with Crippen LogP contribution in [0, 0.1) is 0 Å². The van der Waals surface area contributed by atoms with Crippen molar-refractivity contribution in [3.05, 3.63) is 0 Å². The summed E-state index contributed by atoms with van der Waals surface area (Å²) in [7, 11) is -3.79. The van der Waals surface area contributed by atoms with Crippen molar-refractivity contribution in [3.8, 4) is 0 Å². The Bertz CT molecular complexity index is 51.4. The highest BCUT2D eigenvalue weighted by Gasteiger charge is 2.24. The van der Waals surface area contributed by atoms with Crippen molar-refractivity contribution in [2.45, 2.75) is 6.04 Å². The van der Waals surface area contributed by atoms with Gasteiger partial charge in [-0.05, 0) is 0 Å². The molecule has 0 atom stereocenters. The normalized spacial score (nSPS) is 12.0. The molecule has 3 N–H and O–H groups in total. The van der Waals surface area contributed by atoms with E-state index in [9.17, 15) is 0 Å². The van der Waals surface area contributed by atoms with E-state index in [1.165, 1.54) is 0 Å². The standard InChI is InChI=1S/C2H7ClO3Si/c3-1-2-7(4,5)6/h4-6H,1-2H2. The van der Waals surface area contributed by atoms with E-state index in [1.54, 1.807) is 0 Å². The van der Waals surface area contributed by atoms with Gasteiger partial charge in [0.15, 0.2) is 0 Å². The fraction of sp³-hybridized carbons (Fsp3) is 1.00. The van der Waals surface area contributed by atoms with Crippen molar-refractivity contribution in [3.63, 3.8) is 0 Å². The molecular weight excluding hydrogens is 136 g/mol. The van der Waals surface area contributed by atoms with Crippen LogP contribution in [0.2, 0.25) is 6.04 Å². The van der Waals surface area contributed by atoms with Crippen LogP contribution < -0.4 is 0 Å². The number of halogens is 1. The predicted molar refractivity (Wildman–Crippen MR) is 27.9 cm³/mol. The first-order valence-electron chi connectivity index (χ1n) is 1.79. The minimum atomic E-state index is -3.79. The minimum absolute atomic E-state index is 0.0887. The molecule has 7 heavy (non-hydrogen) atoms. The van der Waals surface area contributed by atoms with Crippen molar-refractivity contribution in [2.75, 3.05) is 5.88 Å². The lowest BCUT2D eigenvalue weighted by atomic mass is 11.0. The molecule has 0 saturated heterocycles. The Balaban J connectivity index is 3.15. The molecule has 0 spiro atoms. The largest absolute Gasteiger partial charge is 0.493 e. The molecule has 0 aromatic carbocycles. The number of hydrogen-bond acceptors (Lipinski definition) is 3. The monoisotopic (exact) mass is 142 g/mol. The van der Waals surface area contributed by atoms with Gasteiger partial charge in [0, 0.05) is 11.9 Å². The van der Waals surface area contributed by atoms with Crippen LogP contribution in [-0.2, 0) is 0 Å². The van der Waals surface area contributed by atoms with Gasteiger partial charge in [-0.3, -0.25) is 0 Å². The molecule has 44 valence electrons. The van der Waals surface area contributed by atoms with E-state index in [-0.39, 0.29) is 11.9 Å². The lowest BCUT2D eigenvalue weighted by Gasteiger charge is -2.03. The van der Waals surface area contributed by atoms with E-state index in [0.717, 1.165) is 0 Å². The first kappa shape index (κ1) is 7.39. The topological polar surface area (TPSA) is 60.7 Å². The second kappa shape index (κ2) is 2.63. The lowest BCUT2D eigenvalue weighted by molar-refractivity contribution is 0.230. The van der Waals surface area contributed by atoms with Crippen LogP contribution in [0.25, 0.3) is 0 Å². The first-order valence-corrected chi connectivity index (χ1v) is 4.37. The van der Waals surface area contributed by atoms with Gasteiger partial charge in [0.2, 0.25) is 0 Å². The maximum Gasteiger partial charge on any atom is 0.493 e. The van der Waals surface area contributed by atoms with Gasteiger partial charge in [0.1, 0.15) is 0 Å². The molecule has 0 amide bonds. The van der Waals surface area contributed by atoms with Gasteiger partial charge in [0.25, 0.3) is 0 Å². The molecule has 0 heterocycles. The lowest BCUT2D eigenvalue weighted by Crippen LogP contribution is -2.34. The van der Waals surface area contributed by atoms with Crippen LogP contribution in [0.5, 0.6) is 0 Å². The zero-order valence-corrected chi connectivity index (χ0v) is 5.39. The molecule has 0 aliphatic rings. The Kier molecular flexibility index (Phi) is 2.78. The summed E-state index contributed by atoms with van der Waals surface area (Å²) >= 11 is 5.04. The van der Waals surface area contributed by atoms with Crippen LogP contribution in [0.3, 0.4) is 0 Å². The number of hydrogen-bond donors (Lipinski definition) is 3. The molecule has 0 rings (SSSR count). The third-order valence-corrected chi connectivity index (χ3v) is 1.86. The molecule has 0 bridgehead atoms. The van der Waals surface area contributed by atoms with E-state index in [2.05, 4.69) is 0 Å². The van der Waals surface area contributed by atoms with Gasteiger partial charge >= 0.3 is 8.80 Å². The maximum atomic E-state index is 8.18. The van der Waals surface area contributed by atoms with Crippen molar-refractivity contribution in [1.29, 1.82) is 0 Å². The molecule has 0 unspecified atom stereocenters. The maximum absolute atomic E-state index is 8.18. The summed E-state index contributed by atoms with van der Waals surface area (Å²) < 4.78 is 0. The number of alkyl halides is 1. The first-order chi connectivity index (χ1) is 3.06. The Morgan fingerprint density at radius 3 is 1.71 bits per heavy atom. The van der Waals surface area contributed by atoms with Crippen molar-refractivity contribution < 1.29 is 14.4 Å². The minimum Gasteiger partial charge on any atom is -0.390 e. The summed E-state index contributed by atoms with van der Waals surface area (Å²) in [5, 5.41) is 0. The van der Waals surface area contributed by atoms with Gasteiger partial charge in [-0.25, -0.2) is 0 Å².